The lowest BCUT2D eigenvalue weighted by Crippen LogP contribution is -2.34. The molecule has 2 rings (SSSR count). The fourth-order valence-electron chi connectivity index (χ4n) is 2.25. The van der Waals surface area contributed by atoms with Gasteiger partial charge in [0, 0.05) is 5.02 Å². The lowest BCUT2D eigenvalue weighted by molar-refractivity contribution is -0.154. The minimum absolute atomic E-state index is 0.0582. The van der Waals surface area contributed by atoms with Crippen LogP contribution in [0.25, 0.3) is 0 Å². The number of rotatable bonds is 8. The van der Waals surface area contributed by atoms with Crippen molar-refractivity contribution in [1.29, 1.82) is 0 Å². The first-order chi connectivity index (χ1) is 12.7. The topological polar surface area (TPSA) is 116 Å². The molecule has 0 unspecified atom stereocenters. The maximum Gasteiger partial charge on any atom is 0.308 e. The molecule has 0 spiro atoms. The van der Waals surface area contributed by atoms with Gasteiger partial charge in [0.25, 0.3) is 5.91 Å². The summed E-state index contributed by atoms with van der Waals surface area (Å²) in [5, 5.41) is 0.466. The molecule has 2 aromatic rings. The molecule has 0 aliphatic rings. The Bertz CT molecular complexity index is 901. The SMILES string of the molecule is C[C@H](OC(=O)C[C@H](NS(=O)(=O)c1ccccc1)c1ccc(Cl)cc1)C(N)=O. The van der Waals surface area contributed by atoms with Crippen LogP contribution in [-0.2, 0) is 24.3 Å². The second-order valence-electron chi connectivity index (χ2n) is 5.78. The molecule has 0 aliphatic heterocycles. The molecule has 0 saturated carbocycles. The lowest BCUT2D eigenvalue weighted by atomic mass is 10.1. The van der Waals surface area contributed by atoms with Gasteiger partial charge in [-0.15, -0.1) is 0 Å². The third-order valence-electron chi connectivity index (χ3n) is 3.70. The van der Waals surface area contributed by atoms with Gasteiger partial charge in [-0.3, -0.25) is 9.59 Å². The van der Waals surface area contributed by atoms with Crippen molar-refractivity contribution in [3.05, 3.63) is 65.2 Å². The quantitative estimate of drug-likeness (QED) is 0.647. The highest BCUT2D eigenvalue weighted by Gasteiger charge is 2.25. The number of benzene rings is 2. The molecule has 9 heteroatoms. The lowest BCUT2D eigenvalue weighted by Gasteiger charge is -2.19. The molecule has 0 heterocycles. The Morgan fingerprint density at radius 1 is 1.11 bits per heavy atom. The standard InChI is InChI=1S/C18H19ClN2O5S/c1-12(18(20)23)26-17(22)11-16(13-7-9-14(19)10-8-13)21-27(24,25)15-5-3-2-4-6-15/h2-10,12,16,21H,11H2,1H3,(H2,20,23)/t12-,16-/m0/s1. The number of nitrogens with one attached hydrogen (secondary N) is 1. The van der Waals surface area contributed by atoms with E-state index in [1.807, 2.05) is 0 Å². The van der Waals surface area contributed by atoms with E-state index < -0.39 is 34.0 Å². The van der Waals surface area contributed by atoms with E-state index >= 15 is 0 Å². The molecule has 0 radical (unpaired) electrons. The number of halogens is 1. The van der Waals surface area contributed by atoms with Gasteiger partial charge in [0.2, 0.25) is 10.0 Å². The zero-order valence-electron chi connectivity index (χ0n) is 14.5. The molecule has 144 valence electrons. The number of nitrogens with two attached hydrogens (primary N) is 1. The molecule has 0 bridgehead atoms. The van der Waals surface area contributed by atoms with Crippen LogP contribution in [-0.4, -0.2) is 26.4 Å². The Hall–Kier alpha value is -2.42. The zero-order valence-corrected chi connectivity index (χ0v) is 16.0. The Morgan fingerprint density at radius 3 is 2.26 bits per heavy atom. The number of carbonyl (C=O) groups is 2. The van der Waals surface area contributed by atoms with E-state index in [1.54, 1.807) is 42.5 Å². The normalized spacial score (nSPS) is 13.6. The van der Waals surface area contributed by atoms with Crippen molar-refractivity contribution in [1.82, 2.24) is 4.72 Å². The largest absolute Gasteiger partial charge is 0.452 e. The Morgan fingerprint density at radius 2 is 1.70 bits per heavy atom. The smallest absolute Gasteiger partial charge is 0.308 e. The predicted molar refractivity (Wildman–Crippen MR) is 100 cm³/mol. The van der Waals surface area contributed by atoms with Crippen LogP contribution >= 0.6 is 11.6 Å². The van der Waals surface area contributed by atoms with E-state index in [0.29, 0.717) is 10.6 Å². The molecule has 0 saturated heterocycles. The number of hydrogen-bond acceptors (Lipinski definition) is 5. The van der Waals surface area contributed by atoms with Crippen molar-refractivity contribution in [2.24, 2.45) is 5.73 Å². The van der Waals surface area contributed by atoms with Gasteiger partial charge >= 0.3 is 5.97 Å². The summed E-state index contributed by atoms with van der Waals surface area (Å²) in [6.45, 7) is 1.34. The Balaban J connectivity index is 2.26. The van der Waals surface area contributed by atoms with Crippen LogP contribution in [0.3, 0.4) is 0 Å². The molecule has 0 aliphatic carbocycles. The third kappa shape index (κ3) is 6.06. The molecule has 0 aromatic heterocycles. The fraction of sp³-hybridized carbons (Fsp3) is 0.222. The van der Waals surface area contributed by atoms with E-state index in [0.717, 1.165) is 0 Å². The second kappa shape index (κ2) is 8.98. The predicted octanol–water partition coefficient (Wildman–Crippen LogP) is 2.17. The van der Waals surface area contributed by atoms with Gasteiger partial charge in [-0.2, -0.15) is 0 Å². The molecular weight excluding hydrogens is 392 g/mol. The average Bonchev–Trinajstić information content (AvgIpc) is 2.62. The van der Waals surface area contributed by atoms with Crippen molar-refractivity contribution >= 4 is 33.5 Å². The van der Waals surface area contributed by atoms with Gasteiger partial charge in [0.15, 0.2) is 6.10 Å². The van der Waals surface area contributed by atoms with Crippen LogP contribution in [0.5, 0.6) is 0 Å². The van der Waals surface area contributed by atoms with Gasteiger partial charge < -0.3 is 10.5 Å². The van der Waals surface area contributed by atoms with Crippen molar-refractivity contribution in [2.45, 2.75) is 30.4 Å². The van der Waals surface area contributed by atoms with Crippen LogP contribution in [0, 0.1) is 0 Å². The molecule has 2 aromatic carbocycles. The first-order valence-corrected chi connectivity index (χ1v) is 9.87. The number of esters is 1. The summed E-state index contributed by atoms with van der Waals surface area (Å²) in [6.07, 6.45) is -1.44. The maximum absolute atomic E-state index is 12.6. The molecule has 27 heavy (non-hydrogen) atoms. The Labute approximate surface area is 162 Å². The van der Waals surface area contributed by atoms with Gasteiger partial charge in [0.05, 0.1) is 17.4 Å². The van der Waals surface area contributed by atoms with Crippen LogP contribution in [0.1, 0.15) is 24.9 Å². The summed E-state index contributed by atoms with van der Waals surface area (Å²) in [6, 6.07) is 13.2. The van der Waals surface area contributed by atoms with Gasteiger partial charge in [0.1, 0.15) is 0 Å². The third-order valence-corrected chi connectivity index (χ3v) is 5.44. The highest BCUT2D eigenvalue weighted by atomic mass is 35.5. The zero-order chi connectivity index (χ0) is 20.0. The summed E-state index contributed by atoms with van der Waals surface area (Å²) in [7, 11) is -3.89. The summed E-state index contributed by atoms with van der Waals surface area (Å²) in [5.41, 5.74) is 5.59. The van der Waals surface area contributed by atoms with E-state index in [4.69, 9.17) is 22.1 Å². The number of ether oxygens (including phenoxy) is 1. The van der Waals surface area contributed by atoms with Crippen molar-refractivity contribution in [2.75, 3.05) is 0 Å². The molecule has 3 N–H and O–H groups in total. The van der Waals surface area contributed by atoms with Crippen LogP contribution in [0.4, 0.5) is 0 Å². The van der Waals surface area contributed by atoms with Crippen LogP contribution in [0.2, 0.25) is 5.02 Å². The van der Waals surface area contributed by atoms with Crippen molar-refractivity contribution in [3.63, 3.8) is 0 Å². The molecule has 2 atom stereocenters. The minimum Gasteiger partial charge on any atom is -0.452 e. The summed E-state index contributed by atoms with van der Waals surface area (Å²) in [4.78, 5) is 23.3. The van der Waals surface area contributed by atoms with Crippen LogP contribution < -0.4 is 10.5 Å². The first kappa shape index (κ1) is 20.9. The van der Waals surface area contributed by atoms with Gasteiger partial charge in [-0.25, -0.2) is 13.1 Å². The molecule has 1 amide bonds. The number of primary amides is 1. The highest BCUT2D eigenvalue weighted by Crippen LogP contribution is 2.23. The average molecular weight is 411 g/mol. The first-order valence-electron chi connectivity index (χ1n) is 8.00. The fourth-order valence-corrected chi connectivity index (χ4v) is 3.62. The van der Waals surface area contributed by atoms with Gasteiger partial charge in [-0.1, -0.05) is 41.9 Å². The maximum atomic E-state index is 12.6. The summed E-state index contributed by atoms with van der Waals surface area (Å²) in [5.74, 6) is -1.56. The van der Waals surface area contributed by atoms with Crippen molar-refractivity contribution < 1.29 is 22.7 Å². The van der Waals surface area contributed by atoms with E-state index in [9.17, 15) is 18.0 Å². The molecule has 7 nitrogen and oxygen atoms in total. The summed E-state index contributed by atoms with van der Waals surface area (Å²) >= 11 is 5.87. The second-order valence-corrected chi connectivity index (χ2v) is 7.93. The number of carbonyl (C=O) groups excluding carboxylic acids is 2. The van der Waals surface area contributed by atoms with Crippen LogP contribution in [0.15, 0.2) is 59.5 Å². The number of hydrogen-bond donors (Lipinski definition) is 2. The number of sulfonamides is 1. The molecule has 0 fully saturated rings. The van der Waals surface area contributed by atoms with E-state index in [2.05, 4.69) is 4.72 Å². The Kier molecular flexibility index (Phi) is 6.95. The monoisotopic (exact) mass is 410 g/mol. The van der Waals surface area contributed by atoms with E-state index in [-0.39, 0.29) is 11.3 Å². The van der Waals surface area contributed by atoms with E-state index in [1.165, 1.54) is 19.1 Å². The molecular formula is C18H19ClN2O5S. The summed E-state index contributed by atoms with van der Waals surface area (Å²) < 4.78 is 32.7. The number of amides is 1. The highest BCUT2D eigenvalue weighted by molar-refractivity contribution is 7.89. The van der Waals surface area contributed by atoms with Gasteiger partial charge in [-0.05, 0) is 36.8 Å². The van der Waals surface area contributed by atoms with Crippen molar-refractivity contribution in [3.8, 4) is 0 Å². The minimum atomic E-state index is -3.89.